The van der Waals surface area contributed by atoms with E-state index in [1.54, 1.807) is 4.90 Å². The molecule has 1 aromatic heterocycles. The van der Waals surface area contributed by atoms with E-state index in [-0.39, 0.29) is 17.2 Å². The summed E-state index contributed by atoms with van der Waals surface area (Å²) in [5, 5.41) is 4.59. The van der Waals surface area contributed by atoms with E-state index < -0.39 is 11.6 Å². The van der Waals surface area contributed by atoms with Gasteiger partial charge < -0.3 is 9.64 Å². The maximum Gasteiger partial charge on any atom is 0.254 e. The molecule has 1 aliphatic heterocycles. The molecule has 0 radical (unpaired) electrons. The van der Waals surface area contributed by atoms with E-state index in [1.807, 2.05) is 41.1 Å². The molecule has 2 aromatic carbocycles. The SMILES string of the molecule is COc1cc(C(=O)N2CCn3nc(-c4ccccc4)cc3C2)cc(F)c1F. The molecule has 0 bridgehead atoms. The second-order valence-corrected chi connectivity index (χ2v) is 6.31. The first-order chi connectivity index (χ1) is 13.1. The summed E-state index contributed by atoms with van der Waals surface area (Å²) < 4.78 is 34.0. The molecule has 0 aliphatic carbocycles. The fraction of sp³-hybridized carbons (Fsp3) is 0.200. The lowest BCUT2D eigenvalue weighted by atomic mass is 10.1. The van der Waals surface area contributed by atoms with Crippen LogP contribution in [0.1, 0.15) is 16.1 Å². The fourth-order valence-corrected chi connectivity index (χ4v) is 3.21. The first-order valence-corrected chi connectivity index (χ1v) is 8.51. The lowest BCUT2D eigenvalue weighted by Crippen LogP contribution is -2.38. The van der Waals surface area contributed by atoms with Crippen molar-refractivity contribution in [2.45, 2.75) is 13.1 Å². The third kappa shape index (κ3) is 3.16. The van der Waals surface area contributed by atoms with Crippen molar-refractivity contribution in [3.05, 3.63) is 71.4 Å². The number of amides is 1. The smallest absolute Gasteiger partial charge is 0.254 e. The van der Waals surface area contributed by atoms with Crippen LogP contribution in [0.3, 0.4) is 0 Å². The van der Waals surface area contributed by atoms with E-state index in [0.717, 1.165) is 23.0 Å². The van der Waals surface area contributed by atoms with Gasteiger partial charge in [0.1, 0.15) is 0 Å². The van der Waals surface area contributed by atoms with Crippen molar-refractivity contribution in [1.29, 1.82) is 0 Å². The molecular formula is C20H17F2N3O2. The number of carbonyl (C=O) groups is 1. The van der Waals surface area contributed by atoms with Crippen LogP contribution in [0.15, 0.2) is 48.5 Å². The minimum Gasteiger partial charge on any atom is -0.494 e. The first-order valence-electron chi connectivity index (χ1n) is 8.51. The van der Waals surface area contributed by atoms with Gasteiger partial charge in [0.2, 0.25) is 5.82 Å². The monoisotopic (exact) mass is 369 g/mol. The van der Waals surface area contributed by atoms with Crippen LogP contribution in [0, 0.1) is 11.6 Å². The summed E-state index contributed by atoms with van der Waals surface area (Å²) >= 11 is 0. The molecule has 3 aromatic rings. The van der Waals surface area contributed by atoms with Crippen LogP contribution in [-0.2, 0) is 13.1 Å². The zero-order valence-electron chi connectivity index (χ0n) is 14.7. The Balaban J connectivity index is 1.59. The Bertz CT molecular complexity index is 1000. The van der Waals surface area contributed by atoms with Gasteiger partial charge in [0, 0.05) is 17.7 Å². The van der Waals surface area contributed by atoms with Gasteiger partial charge >= 0.3 is 0 Å². The first kappa shape index (κ1) is 17.2. The van der Waals surface area contributed by atoms with E-state index in [2.05, 4.69) is 5.10 Å². The lowest BCUT2D eigenvalue weighted by Gasteiger charge is -2.27. The maximum absolute atomic E-state index is 13.7. The summed E-state index contributed by atoms with van der Waals surface area (Å²) in [5.41, 5.74) is 2.79. The summed E-state index contributed by atoms with van der Waals surface area (Å²) in [5.74, 6) is -2.86. The Morgan fingerprint density at radius 2 is 1.89 bits per heavy atom. The Labute approximate surface area is 154 Å². The van der Waals surface area contributed by atoms with Gasteiger partial charge in [-0.05, 0) is 18.2 Å². The van der Waals surface area contributed by atoms with Crippen molar-refractivity contribution in [3.8, 4) is 17.0 Å². The summed E-state index contributed by atoms with van der Waals surface area (Å²) in [6.07, 6.45) is 0. The van der Waals surface area contributed by atoms with Gasteiger partial charge in [-0.15, -0.1) is 0 Å². The molecule has 0 N–H and O–H groups in total. The van der Waals surface area contributed by atoms with Crippen molar-refractivity contribution >= 4 is 5.91 Å². The Morgan fingerprint density at radius 1 is 1.11 bits per heavy atom. The van der Waals surface area contributed by atoms with Crippen molar-refractivity contribution < 1.29 is 18.3 Å². The molecule has 7 heteroatoms. The number of halogens is 2. The lowest BCUT2D eigenvalue weighted by molar-refractivity contribution is 0.0705. The van der Waals surface area contributed by atoms with E-state index in [9.17, 15) is 13.6 Å². The number of aromatic nitrogens is 2. The number of rotatable bonds is 3. The zero-order valence-corrected chi connectivity index (χ0v) is 14.7. The normalized spacial score (nSPS) is 13.4. The molecule has 2 heterocycles. The third-order valence-electron chi connectivity index (χ3n) is 4.62. The van der Waals surface area contributed by atoms with Gasteiger partial charge in [0.25, 0.3) is 5.91 Å². The van der Waals surface area contributed by atoms with Gasteiger partial charge in [-0.25, -0.2) is 4.39 Å². The Kier molecular flexibility index (Phi) is 4.35. The molecular weight excluding hydrogens is 352 g/mol. The summed E-state index contributed by atoms with van der Waals surface area (Å²) in [4.78, 5) is 14.4. The van der Waals surface area contributed by atoms with E-state index >= 15 is 0 Å². The summed E-state index contributed by atoms with van der Waals surface area (Å²) in [7, 11) is 1.23. The highest BCUT2D eigenvalue weighted by atomic mass is 19.2. The summed E-state index contributed by atoms with van der Waals surface area (Å²) in [6.45, 7) is 1.32. The van der Waals surface area contributed by atoms with Crippen LogP contribution in [0.25, 0.3) is 11.3 Å². The average molecular weight is 369 g/mol. The minimum atomic E-state index is -1.11. The zero-order chi connectivity index (χ0) is 19.0. The van der Waals surface area contributed by atoms with Crippen LogP contribution in [0.5, 0.6) is 5.75 Å². The fourth-order valence-electron chi connectivity index (χ4n) is 3.21. The number of nitrogens with zero attached hydrogens (tertiary/aromatic N) is 3. The summed E-state index contributed by atoms with van der Waals surface area (Å²) in [6, 6.07) is 13.9. The molecule has 5 nitrogen and oxygen atoms in total. The standard InChI is InChI=1S/C20H17F2N3O2/c1-27-18-10-14(9-16(21)19(18)22)20(26)24-7-8-25-15(12-24)11-17(23-25)13-5-3-2-4-6-13/h2-6,9-11H,7-8,12H2,1H3. The molecule has 4 rings (SSSR count). The second-order valence-electron chi connectivity index (χ2n) is 6.31. The van der Waals surface area contributed by atoms with Crippen LogP contribution in [-0.4, -0.2) is 34.2 Å². The van der Waals surface area contributed by atoms with Crippen LogP contribution in [0.2, 0.25) is 0 Å². The predicted octanol–water partition coefficient (Wildman–Crippen LogP) is 3.49. The molecule has 1 aliphatic rings. The van der Waals surface area contributed by atoms with E-state index in [1.165, 1.54) is 13.2 Å². The highest BCUT2D eigenvalue weighted by Crippen LogP contribution is 2.25. The number of carbonyl (C=O) groups excluding carboxylic acids is 1. The highest BCUT2D eigenvalue weighted by molar-refractivity contribution is 5.94. The van der Waals surface area contributed by atoms with Gasteiger partial charge in [-0.3, -0.25) is 9.48 Å². The van der Waals surface area contributed by atoms with Crippen LogP contribution in [0.4, 0.5) is 8.78 Å². The topological polar surface area (TPSA) is 47.4 Å². The van der Waals surface area contributed by atoms with E-state index in [0.29, 0.717) is 19.6 Å². The van der Waals surface area contributed by atoms with Crippen molar-refractivity contribution in [1.82, 2.24) is 14.7 Å². The number of benzene rings is 2. The van der Waals surface area contributed by atoms with Crippen molar-refractivity contribution in [2.24, 2.45) is 0 Å². The Morgan fingerprint density at radius 3 is 2.63 bits per heavy atom. The van der Waals surface area contributed by atoms with Crippen LogP contribution >= 0.6 is 0 Å². The molecule has 0 atom stereocenters. The van der Waals surface area contributed by atoms with E-state index in [4.69, 9.17) is 4.74 Å². The molecule has 138 valence electrons. The van der Waals surface area contributed by atoms with Gasteiger partial charge in [-0.1, -0.05) is 30.3 Å². The number of methoxy groups -OCH3 is 1. The number of hydrogen-bond acceptors (Lipinski definition) is 3. The van der Waals surface area contributed by atoms with Crippen molar-refractivity contribution in [3.63, 3.8) is 0 Å². The molecule has 0 saturated heterocycles. The molecule has 0 saturated carbocycles. The quantitative estimate of drug-likeness (QED) is 0.710. The molecule has 1 amide bonds. The molecule has 27 heavy (non-hydrogen) atoms. The van der Waals surface area contributed by atoms with Gasteiger partial charge in [0.05, 0.1) is 31.6 Å². The van der Waals surface area contributed by atoms with Gasteiger partial charge in [0.15, 0.2) is 11.6 Å². The molecule has 0 fully saturated rings. The maximum atomic E-state index is 13.7. The van der Waals surface area contributed by atoms with Gasteiger partial charge in [-0.2, -0.15) is 9.49 Å². The predicted molar refractivity (Wildman–Crippen MR) is 95.3 cm³/mol. The molecule has 0 spiro atoms. The van der Waals surface area contributed by atoms with Crippen molar-refractivity contribution in [2.75, 3.05) is 13.7 Å². The highest BCUT2D eigenvalue weighted by Gasteiger charge is 2.25. The number of hydrogen-bond donors (Lipinski definition) is 0. The number of fused-ring (bicyclic) bond motifs is 1. The Hall–Kier alpha value is -3.22. The largest absolute Gasteiger partial charge is 0.494 e. The average Bonchev–Trinajstić information content (AvgIpc) is 3.13. The molecule has 0 unspecified atom stereocenters. The third-order valence-corrected chi connectivity index (χ3v) is 4.62. The van der Waals surface area contributed by atoms with Crippen LogP contribution < -0.4 is 4.74 Å². The second kappa shape index (κ2) is 6.83. The minimum absolute atomic E-state index is 0.0574. The number of ether oxygens (including phenoxy) is 1.